The molecular formula is C18H30N2O3. The summed E-state index contributed by atoms with van der Waals surface area (Å²) in [4.78, 5) is 12.1. The molecule has 0 aliphatic carbocycles. The van der Waals surface area contributed by atoms with Crippen LogP contribution in [0.4, 0.5) is 4.79 Å². The van der Waals surface area contributed by atoms with Crippen LogP contribution < -0.4 is 10.6 Å². The van der Waals surface area contributed by atoms with Crippen molar-refractivity contribution in [2.45, 2.75) is 51.8 Å². The van der Waals surface area contributed by atoms with Gasteiger partial charge in [-0.1, -0.05) is 37.3 Å². The summed E-state index contributed by atoms with van der Waals surface area (Å²) >= 11 is 0. The molecule has 0 aliphatic rings. The van der Waals surface area contributed by atoms with Gasteiger partial charge in [-0.05, 0) is 32.8 Å². The normalized spacial score (nSPS) is 14.1. The molecule has 0 heterocycles. The number of hydrogen-bond acceptors (Lipinski definition) is 4. The van der Waals surface area contributed by atoms with Gasteiger partial charge in [0.05, 0.1) is 12.6 Å². The minimum atomic E-state index is -0.513. The summed E-state index contributed by atoms with van der Waals surface area (Å²) in [5.41, 5.74) is 0.527. The molecule has 0 radical (unpaired) electrons. The molecule has 0 saturated carbocycles. The van der Waals surface area contributed by atoms with Crippen molar-refractivity contribution in [1.29, 1.82) is 0 Å². The quantitative estimate of drug-likeness (QED) is 0.771. The lowest BCUT2D eigenvalue weighted by atomic mass is 10.1. The van der Waals surface area contributed by atoms with E-state index in [2.05, 4.69) is 17.6 Å². The third-order valence-corrected chi connectivity index (χ3v) is 3.36. The fraction of sp³-hybridized carbons (Fsp3) is 0.611. The molecule has 0 aliphatic heterocycles. The zero-order valence-corrected chi connectivity index (χ0v) is 14.9. The molecular weight excluding hydrogens is 292 g/mol. The van der Waals surface area contributed by atoms with Crippen LogP contribution in [0.15, 0.2) is 30.3 Å². The number of ether oxygens (including phenoxy) is 2. The lowest BCUT2D eigenvalue weighted by molar-refractivity contribution is 0.0501. The van der Waals surface area contributed by atoms with Crippen molar-refractivity contribution in [2.24, 2.45) is 0 Å². The molecule has 0 bridgehead atoms. The van der Waals surface area contributed by atoms with E-state index < -0.39 is 11.7 Å². The molecule has 5 heteroatoms. The van der Waals surface area contributed by atoms with Crippen molar-refractivity contribution >= 4 is 6.09 Å². The van der Waals surface area contributed by atoms with E-state index in [-0.39, 0.29) is 12.1 Å². The number of rotatable bonds is 8. The van der Waals surface area contributed by atoms with E-state index >= 15 is 0 Å². The Morgan fingerprint density at radius 3 is 2.39 bits per heavy atom. The summed E-state index contributed by atoms with van der Waals surface area (Å²) in [6, 6.07) is 9.99. The van der Waals surface area contributed by atoms with Crippen molar-refractivity contribution in [2.75, 3.05) is 20.3 Å². The molecule has 0 spiro atoms. The van der Waals surface area contributed by atoms with Gasteiger partial charge in [0.25, 0.3) is 0 Å². The zero-order valence-electron chi connectivity index (χ0n) is 14.9. The maximum atomic E-state index is 12.1. The summed E-state index contributed by atoms with van der Waals surface area (Å²) in [6.45, 7) is 8.93. The first-order chi connectivity index (χ1) is 10.9. The van der Waals surface area contributed by atoms with E-state index in [4.69, 9.17) is 9.47 Å². The smallest absolute Gasteiger partial charge is 0.408 e. The molecule has 0 aromatic heterocycles. The van der Waals surface area contributed by atoms with Crippen LogP contribution in [0.25, 0.3) is 0 Å². The second-order valence-electron chi connectivity index (χ2n) is 6.58. The van der Waals surface area contributed by atoms with Gasteiger partial charge in [-0.25, -0.2) is 4.79 Å². The highest BCUT2D eigenvalue weighted by molar-refractivity contribution is 5.68. The van der Waals surface area contributed by atoms with Crippen molar-refractivity contribution in [3.05, 3.63) is 35.9 Å². The number of alkyl carbamates (subject to hydrolysis) is 1. The molecule has 2 N–H and O–H groups in total. The Morgan fingerprint density at radius 2 is 1.87 bits per heavy atom. The largest absolute Gasteiger partial charge is 0.444 e. The monoisotopic (exact) mass is 322 g/mol. The van der Waals surface area contributed by atoms with Crippen LogP contribution in [0, 0.1) is 0 Å². The molecule has 1 aromatic carbocycles. The van der Waals surface area contributed by atoms with Gasteiger partial charge in [-0.2, -0.15) is 0 Å². The summed E-state index contributed by atoms with van der Waals surface area (Å²) in [5.74, 6) is 0. The highest BCUT2D eigenvalue weighted by Gasteiger charge is 2.21. The standard InChI is InChI=1S/C18H30N2O3/c1-6-15(13-22-5)19-12-16(14-10-8-7-9-11-14)20-17(21)23-18(2,3)4/h7-11,15-16,19H,6,12-13H2,1-5H3,(H,20,21). The molecule has 23 heavy (non-hydrogen) atoms. The molecule has 1 aromatic rings. The summed E-state index contributed by atoms with van der Waals surface area (Å²) in [5, 5.41) is 6.39. The molecule has 5 nitrogen and oxygen atoms in total. The summed E-state index contributed by atoms with van der Waals surface area (Å²) in [6.07, 6.45) is 0.551. The summed E-state index contributed by atoms with van der Waals surface area (Å²) < 4.78 is 10.6. The van der Waals surface area contributed by atoms with Crippen LogP contribution in [0.3, 0.4) is 0 Å². The zero-order chi connectivity index (χ0) is 17.3. The van der Waals surface area contributed by atoms with Crippen LogP contribution >= 0.6 is 0 Å². The van der Waals surface area contributed by atoms with E-state index in [0.29, 0.717) is 13.2 Å². The van der Waals surface area contributed by atoms with Crippen LogP contribution in [0.5, 0.6) is 0 Å². The number of hydrogen-bond donors (Lipinski definition) is 2. The predicted molar refractivity (Wildman–Crippen MR) is 92.5 cm³/mol. The van der Waals surface area contributed by atoms with Crippen molar-refractivity contribution < 1.29 is 14.3 Å². The SMILES string of the molecule is CCC(COC)NCC(NC(=O)OC(C)(C)C)c1ccccc1. The first-order valence-electron chi connectivity index (χ1n) is 8.12. The van der Waals surface area contributed by atoms with Gasteiger partial charge >= 0.3 is 6.09 Å². The Bertz CT molecular complexity index is 457. The third-order valence-electron chi connectivity index (χ3n) is 3.36. The van der Waals surface area contributed by atoms with Crippen molar-refractivity contribution in [1.82, 2.24) is 10.6 Å². The summed E-state index contributed by atoms with van der Waals surface area (Å²) in [7, 11) is 1.69. The van der Waals surface area contributed by atoms with E-state index in [9.17, 15) is 4.79 Å². The van der Waals surface area contributed by atoms with Crippen LogP contribution in [-0.2, 0) is 9.47 Å². The van der Waals surface area contributed by atoms with Gasteiger partial charge in [0.15, 0.2) is 0 Å². The number of amides is 1. The minimum absolute atomic E-state index is 0.156. The first kappa shape index (κ1) is 19.5. The lowest BCUT2D eigenvalue weighted by Crippen LogP contribution is -2.42. The van der Waals surface area contributed by atoms with Gasteiger partial charge in [0, 0.05) is 19.7 Å². The Kier molecular flexibility index (Phi) is 8.06. The second-order valence-corrected chi connectivity index (χ2v) is 6.58. The van der Waals surface area contributed by atoms with Crippen LogP contribution in [-0.4, -0.2) is 38.0 Å². The lowest BCUT2D eigenvalue weighted by Gasteiger charge is -2.26. The van der Waals surface area contributed by atoms with Gasteiger partial charge < -0.3 is 20.1 Å². The van der Waals surface area contributed by atoms with E-state index in [0.717, 1.165) is 12.0 Å². The topological polar surface area (TPSA) is 59.6 Å². The maximum absolute atomic E-state index is 12.1. The fourth-order valence-corrected chi connectivity index (χ4v) is 2.19. The van der Waals surface area contributed by atoms with Crippen molar-refractivity contribution in [3.8, 4) is 0 Å². The Balaban J connectivity index is 2.72. The molecule has 1 rings (SSSR count). The van der Waals surface area contributed by atoms with E-state index in [1.54, 1.807) is 7.11 Å². The van der Waals surface area contributed by atoms with Crippen LogP contribution in [0.2, 0.25) is 0 Å². The molecule has 1 amide bonds. The Morgan fingerprint density at radius 1 is 1.22 bits per heavy atom. The van der Waals surface area contributed by atoms with Gasteiger partial charge in [0.2, 0.25) is 0 Å². The van der Waals surface area contributed by atoms with Gasteiger partial charge in [-0.3, -0.25) is 0 Å². The number of benzene rings is 1. The third kappa shape index (κ3) is 8.00. The Labute approximate surface area is 139 Å². The molecule has 2 atom stereocenters. The molecule has 0 saturated heterocycles. The number of carbonyl (C=O) groups is 1. The first-order valence-corrected chi connectivity index (χ1v) is 8.12. The molecule has 2 unspecified atom stereocenters. The molecule has 0 fully saturated rings. The van der Waals surface area contributed by atoms with E-state index in [1.165, 1.54) is 0 Å². The Hall–Kier alpha value is -1.59. The molecule has 130 valence electrons. The average Bonchev–Trinajstić information content (AvgIpc) is 2.49. The van der Waals surface area contributed by atoms with E-state index in [1.807, 2.05) is 51.1 Å². The maximum Gasteiger partial charge on any atom is 0.408 e. The minimum Gasteiger partial charge on any atom is -0.444 e. The predicted octanol–water partition coefficient (Wildman–Crippen LogP) is 3.27. The van der Waals surface area contributed by atoms with Gasteiger partial charge in [0.1, 0.15) is 5.60 Å². The van der Waals surface area contributed by atoms with Crippen LogP contribution in [0.1, 0.15) is 45.7 Å². The van der Waals surface area contributed by atoms with Gasteiger partial charge in [-0.15, -0.1) is 0 Å². The fourth-order valence-electron chi connectivity index (χ4n) is 2.19. The average molecular weight is 322 g/mol. The van der Waals surface area contributed by atoms with Crippen molar-refractivity contribution in [3.63, 3.8) is 0 Å². The number of nitrogens with one attached hydrogen (secondary N) is 2. The highest BCUT2D eigenvalue weighted by atomic mass is 16.6. The number of methoxy groups -OCH3 is 1. The number of carbonyl (C=O) groups excluding carboxylic acids is 1. The highest BCUT2D eigenvalue weighted by Crippen LogP contribution is 2.14. The second kappa shape index (κ2) is 9.53.